The molecule has 0 aliphatic rings. The van der Waals surface area contributed by atoms with Crippen LogP contribution in [0.2, 0.25) is 0 Å². The monoisotopic (exact) mass is 209 g/mol. The molecule has 0 unspecified atom stereocenters. The van der Waals surface area contributed by atoms with Crippen molar-refractivity contribution in [1.29, 1.82) is 0 Å². The molecule has 0 saturated heterocycles. The first-order valence-corrected chi connectivity index (χ1v) is 6.36. The minimum absolute atomic E-state index is 1.19. The van der Waals surface area contributed by atoms with Crippen molar-refractivity contribution in [2.45, 2.75) is 58.3 Å². The summed E-state index contributed by atoms with van der Waals surface area (Å²) in [5, 5.41) is 0. The van der Waals surface area contributed by atoms with Crippen molar-refractivity contribution in [2.75, 3.05) is 0 Å². The van der Waals surface area contributed by atoms with Crippen molar-refractivity contribution in [2.24, 2.45) is 7.05 Å². The van der Waals surface area contributed by atoms with Crippen LogP contribution in [0.5, 0.6) is 0 Å². The van der Waals surface area contributed by atoms with Gasteiger partial charge in [0.05, 0.1) is 7.05 Å². The van der Waals surface area contributed by atoms with E-state index in [0.717, 1.165) is 0 Å². The van der Waals surface area contributed by atoms with E-state index in [9.17, 15) is 0 Å². The first-order chi connectivity index (χ1) is 7.34. The third-order valence-electron chi connectivity index (χ3n) is 2.99. The summed E-state index contributed by atoms with van der Waals surface area (Å²) in [6.45, 7) is 2.27. The summed E-state index contributed by atoms with van der Waals surface area (Å²) < 4.78 is 2.18. The molecule has 1 aromatic rings. The lowest BCUT2D eigenvalue weighted by Gasteiger charge is -1.99. The molecular formula is C13H25N2+. The van der Waals surface area contributed by atoms with Crippen LogP contribution in [0.1, 0.15) is 57.7 Å². The number of rotatable bonds is 8. The number of hydrogen-bond acceptors (Lipinski definition) is 0. The van der Waals surface area contributed by atoms with E-state index in [0.29, 0.717) is 0 Å². The number of aryl methyl sites for hydroxylation is 2. The summed E-state index contributed by atoms with van der Waals surface area (Å²) in [5.41, 5.74) is 0. The molecule has 86 valence electrons. The van der Waals surface area contributed by atoms with Crippen molar-refractivity contribution in [3.63, 3.8) is 0 Å². The van der Waals surface area contributed by atoms with Crippen molar-refractivity contribution in [3.05, 3.63) is 18.2 Å². The number of imidazole rings is 1. The van der Waals surface area contributed by atoms with E-state index in [4.69, 9.17) is 0 Å². The highest BCUT2D eigenvalue weighted by molar-refractivity contribution is 4.76. The predicted molar refractivity (Wildman–Crippen MR) is 63.7 cm³/mol. The number of nitrogens with one attached hydrogen (secondary N) is 1. The SMILES string of the molecule is CCCCCCCCCc1[nH]cc[n+]1C. The number of hydrogen-bond donors (Lipinski definition) is 1. The molecular weight excluding hydrogens is 184 g/mol. The van der Waals surface area contributed by atoms with Crippen LogP contribution >= 0.6 is 0 Å². The Morgan fingerprint density at radius 1 is 1.07 bits per heavy atom. The zero-order valence-corrected chi connectivity index (χ0v) is 10.3. The van der Waals surface area contributed by atoms with Crippen molar-refractivity contribution >= 4 is 0 Å². The average Bonchev–Trinajstić information content (AvgIpc) is 2.63. The van der Waals surface area contributed by atoms with Crippen molar-refractivity contribution < 1.29 is 4.57 Å². The van der Waals surface area contributed by atoms with Gasteiger partial charge in [0.25, 0.3) is 5.82 Å². The molecule has 0 amide bonds. The minimum atomic E-state index is 1.19. The predicted octanol–water partition coefficient (Wildman–Crippen LogP) is 3.13. The average molecular weight is 209 g/mol. The number of nitrogens with zero attached hydrogens (tertiary/aromatic N) is 1. The van der Waals surface area contributed by atoms with Gasteiger partial charge < -0.3 is 0 Å². The summed E-state index contributed by atoms with van der Waals surface area (Å²) in [7, 11) is 2.10. The quantitative estimate of drug-likeness (QED) is 0.501. The van der Waals surface area contributed by atoms with Crippen LogP contribution in [-0.2, 0) is 13.5 Å². The van der Waals surface area contributed by atoms with Gasteiger partial charge in [-0.1, -0.05) is 45.4 Å². The molecule has 0 aromatic carbocycles. The summed E-state index contributed by atoms with van der Waals surface area (Å²) in [4.78, 5) is 3.28. The third-order valence-corrected chi connectivity index (χ3v) is 2.99. The molecule has 0 bridgehead atoms. The number of unbranched alkanes of at least 4 members (excludes halogenated alkanes) is 6. The third kappa shape index (κ3) is 5.01. The van der Waals surface area contributed by atoms with Crippen LogP contribution in [0, 0.1) is 0 Å². The molecule has 2 nitrogen and oxygen atoms in total. The topological polar surface area (TPSA) is 19.7 Å². The molecule has 1 rings (SSSR count). The molecule has 0 radical (unpaired) electrons. The fraction of sp³-hybridized carbons (Fsp3) is 0.769. The first-order valence-electron chi connectivity index (χ1n) is 6.36. The molecule has 0 atom stereocenters. The number of aromatic amines is 1. The minimum Gasteiger partial charge on any atom is -0.248 e. The number of H-pyrrole nitrogens is 1. The van der Waals surface area contributed by atoms with Gasteiger partial charge in [-0.15, -0.1) is 0 Å². The van der Waals surface area contributed by atoms with E-state index in [2.05, 4.69) is 29.7 Å². The highest BCUT2D eigenvalue weighted by Crippen LogP contribution is 2.08. The van der Waals surface area contributed by atoms with Gasteiger partial charge in [-0.3, -0.25) is 0 Å². The van der Waals surface area contributed by atoms with Gasteiger partial charge in [-0.2, -0.15) is 0 Å². The molecule has 2 heteroatoms. The lowest BCUT2D eigenvalue weighted by atomic mass is 10.1. The summed E-state index contributed by atoms with van der Waals surface area (Å²) >= 11 is 0. The molecule has 0 fully saturated rings. The molecule has 1 N–H and O–H groups in total. The zero-order chi connectivity index (χ0) is 10.9. The van der Waals surface area contributed by atoms with E-state index < -0.39 is 0 Å². The maximum atomic E-state index is 3.28. The highest BCUT2D eigenvalue weighted by atomic mass is 15.0. The van der Waals surface area contributed by atoms with Gasteiger partial charge >= 0.3 is 0 Å². The Balaban J connectivity index is 1.96. The summed E-state index contributed by atoms with van der Waals surface area (Å²) in [5.74, 6) is 1.35. The second-order valence-electron chi connectivity index (χ2n) is 4.39. The lowest BCUT2D eigenvalue weighted by Crippen LogP contribution is -2.30. The molecule has 0 spiro atoms. The second kappa shape index (κ2) is 7.49. The van der Waals surface area contributed by atoms with Gasteiger partial charge in [0.15, 0.2) is 0 Å². The van der Waals surface area contributed by atoms with E-state index in [1.54, 1.807) is 0 Å². The van der Waals surface area contributed by atoms with Crippen LogP contribution in [-0.4, -0.2) is 4.98 Å². The summed E-state index contributed by atoms with van der Waals surface area (Å²) in [6, 6.07) is 0. The van der Waals surface area contributed by atoms with Gasteiger partial charge in [0.1, 0.15) is 12.4 Å². The fourth-order valence-electron chi connectivity index (χ4n) is 1.94. The Hall–Kier alpha value is -0.790. The van der Waals surface area contributed by atoms with E-state index in [1.807, 2.05) is 6.20 Å². The van der Waals surface area contributed by atoms with Crippen LogP contribution in [0.25, 0.3) is 0 Å². The van der Waals surface area contributed by atoms with Crippen LogP contribution < -0.4 is 4.57 Å². The Kier molecular flexibility index (Phi) is 6.14. The van der Waals surface area contributed by atoms with E-state index >= 15 is 0 Å². The Labute approximate surface area is 93.7 Å². The summed E-state index contributed by atoms with van der Waals surface area (Å²) in [6.07, 6.45) is 15.0. The zero-order valence-electron chi connectivity index (χ0n) is 10.3. The Bertz CT molecular complexity index is 253. The van der Waals surface area contributed by atoms with Crippen molar-refractivity contribution in [3.8, 4) is 0 Å². The van der Waals surface area contributed by atoms with Crippen LogP contribution in [0.15, 0.2) is 12.4 Å². The maximum absolute atomic E-state index is 3.28. The van der Waals surface area contributed by atoms with E-state index in [-0.39, 0.29) is 0 Å². The molecule has 0 saturated carbocycles. The van der Waals surface area contributed by atoms with E-state index in [1.165, 1.54) is 57.2 Å². The van der Waals surface area contributed by atoms with Crippen molar-refractivity contribution in [1.82, 2.24) is 4.98 Å². The first kappa shape index (κ1) is 12.3. The smallest absolute Gasteiger partial charge is 0.248 e. The van der Waals surface area contributed by atoms with Gasteiger partial charge in [-0.05, 0) is 6.42 Å². The largest absolute Gasteiger partial charge is 0.253 e. The second-order valence-corrected chi connectivity index (χ2v) is 4.39. The number of aromatic nitrogens is 2. The molecule has 1 heterocycles. The highest BCUT2D eigenvalue weighted by Gasteiger charge is 2.04. The van der Waals surface area contributed by atoms with Gasteiger partial charge in [-0.25, -0.2) is 9.55 Å². The lowest BCUT2D eigenvalue weighted by molar-refractivity contribution is -0.677. The molecule has 0 aliphatic carbocycles. The van der Waals surface area contributed by atoms with Crippen LogP contribution in [0.3, 0.4) is 0 Å². The van der Waals surface area contributed by atoms with Crippen LogP contribution in [0.4, 0.5) is 0 Å². The maximum Gasteiger partial charge on any atom is 0.253 e. The Morgan fingerprint density at radius 3 is 2.33 bits per heavy atom. The Morgan fingerprint density at radius 2 is 1.73 bits per heavy atom. The van der Waals surface area contributed by atoms with Gasteiger partial charge in [0, 0.05) is 6.42 Å². The van der Waals surface area contributed by atoms with Gasteiger partial charge in [0.2, 0.25) is 0 Å². The molecule has 1 aromatic heterocycles. The molecule has 0 aliphatic heterocycles. The standard InChI is InChI=1S/C13H24N2/c1-3-4-5-6-7-8-9-10-13-14-11-12-15(13)2/h11-12H,3-10H2,1-2H3/p+1. The molecule has 15 heavy (non-hydrogen) atoms. The fourth-order valence-corrected chi connectivity index (χ4v) is 1.94. The normalized spacial score (nSPS) is 10.8.